The highest BCUT2D eigenvalue weighted by Gasteiger charge is 2.61. The molecule has 2 atom stereocenters. The largest absolute Gasteiger partial charge is 0.412 e. The number of amides is 2. The number of para-hydroxylation sites is 2. The Morgan fingerprint density at radius 2 is 0.925 bits per heavy atom. The van der Waals surface area contributed by atoms with Crippen molar-refractivity contribution in [2.45, 2.75) is 78.1 Å². The van der Waals surface area contributed by atoms with Crippen molar-refractivity contribution in [3.05, 3.63) is 105 Å². The lowest BCUT2D eigenvalue weighted by Gasteiger charge is -2.42. The zero-order valence-electron chi connectivity index (χ0n) is 30.5. The number of fused-ring (bicyclic) bond motifs is 10. The number of nitrogens with zero attached hydrogens (tertiary/aromatic N) is 2. The zero-order valence-corrected chi connectivity index (χ0v) is 30.5. The maximum absolute atomic E-state index is 13.4. The van der Waals surface area contributed by atoms with E-state index in [0.29, 0.717) is 48.5 Å². The Bertz CT molecular complexity index is 2230. The van der Waals surface area contributed by atoms with Crippen LogP contribution >= 0.6 is 0 Å². The van der Waals surface area contributed by atoms with E-state index in [1.807, 2.05) is 62.4 Å². The Kier molecular flexibility index (Phi) is 7.17. The van der Waals surface area contributed by atoms with Crippen LogP contribution in [0.25, 0.3) is 0 Å². The molecule has 8 N–H and O–H groups in total. The van der Waals surface area contributed by atoms with Crippen LogP contribution in [-0.4, -0.2) is 49.3 Å². The number of hydrogen-bond acceptors (Lipinski definition) is 8. The Balaban J connectivity index is 0.000000148. The molecule has 2 spiro atoms. The standard InChI is InChI=1S/2C20H20N4O2.H2O/c2*1-10-15-17(24-23-10)21-13-8-19(2,3)9-14(25)16(13)20(15)11-6-4-5-7-12(11)22-18(20)26;/h2*4-7H,8-9H2,1-3H3,(H,22,26)(H2,21,23,24);1H2/t2*20-;/m10./s1. The first-order chi connectivity index (χ1) is 24.7. The molecule has 13 nitrogen and oxygen atoms in total. The van der Waals surface area contributed by atoms with Crippen molar-refractivity contribution >= 4 is 46.4 Å². The molecule has 13 heteroatoms. The van der Waals surface area contributed by atoms with Crippen LogP contribution in [-0.2, 0) is 30.0 Å². The van der Waals surface area contributed by atoms with Gasteiger partial charge in [0.05, 0.1) is 0 Å². The minimum Gasteiger partial charge on any atom is -0.412 e. The zero-order chi connectivity index (χ0) is 36.5. The predicted molar refractivity (Wildman–Crippen MR) is 199 cm³/mol. The molecule has 0 fully saturated rings. The SMILES string of the molecule is Cc1[nH]nc2c1[C@@]1(C(=O)Nc3ccccc31)C1=C(CC(C)(C)CC1=O)N2.Cc1[nH]nc2c1[C@]1(C(=O)Nc3ccccc31)C1=C(CC(C)(C)CC1=O)N2.O. The minimum absolute atomic E-state index is 0. The van der Waals surface area contributed by atoms with Crippen LogP contribution < -0.4 is 21.3 Å². The van der Waals surface area contributed by atoms with Crippen molar-refractivity contribution in [2.75, 3.05) is 21.3 Å². The Labute approximate surface area is 305 Å². The lowest BCUT2D eigenvalue weighted by molar-refractivity contribution is -0.123. The highest BCUT2D eigenvalue weighted by Crippen LogP contribution is 2.58. The molecule has 0 radical (unpaired) electrons. The summed E-state index contributed by atoms with van der Waals surface area (Å²) in [6, 6.07) is 15.3. The van der Waals surface area contributed by atoms with Crippen molar-refractivity contribution in [1.82, 2.24) is 20.4 Å². The number of aromatic nitrogens is 4. The van der Waals surface area contributed by atoms with Gasteiger partial charge in [-0.2, -0.15) is 10.2 Å². The van der Waals surface area contributed by atoms with Gasteiger partial charge < -0.3 is 26.7 Å². The normalized spacial score (nSPS) is 25.0. The molecule has 2 aromatic carbocycles. The summed E-state index contributed by atoms with van der Waals surface area (Å²) in [6.45, 7) is 12.1. The summed E-state index contributed by atoms with van der Waals surface area (Å²) in [5.74, 6) is 0.985. The smallest absolute Gasteiger partial charge is 0.244 e. The van der Waals surface area contributed by atoms with Gasteiger partial charge in [0.25, 0.3) is 0 Å². The number of carbonyl (C=O) groups excluding carboxylic acids is 4. The van der Waals surface area contributed by atoms with E-state index < -0.39 is 10.8 Å². The number of aryl methyl sites for hydroxylation is 2. The lowest BCUT2D eigenvalue weighted by atomic mass is 9.61. The first-order valence-corrected chi connectivity index (χ1v) is 17.7. The van der Waals surface area contributed by atoms with Crippen LogP contribution in [0.15, 0.2) is 71.1 Å². The van der Waals surface area contributed by atoms with Crippen LogP contribution in [0.1, 0.15) is 87.0 Å². The van der Waals surface area contributed by atoms with Crippen molar-refractivity contribution in [3.63, 3.8) is 0 Å². The molecule has 4 aliphatic heterocycles. The number of anilines is 4. The van der Waals surface area contributed by atoms with Gasteiger partial charge in [-0.25, -0.2) is 0 Å². The number of Topliss-reactive ketones (excluding diaryl/α,β-unsaturated/α-hetero) is 2. The van der Waals surface area contributed by atoms with Crippen LogP contribution in [0.3, 0.4) is 0 Å². The summed E-state index contributed by atoms with van der Waals surface area (Å²) >= 11 is 0. The molecule has 2 amide bonds. The second kappa shape index (κ2) is 11.1. The van der Waals surface area contributed by atoms with Gasteiger partial charge in [0, 0.05) is 80.4 Å². The number of aromatic amines is 2. The maximum atomic E-state index is 13.4. The number of benzene rings is 2. The van der Waals surface area contributed by atoms with E-state index in [0.717, 1.165) is 56.4 Å². The van der Waals surface area contributed by atoms with Gasteiger partial charge in [0.15, 0.2) is 23.2 Å². The van der Waals surface area contributed by atoms with Gasteiger partial charge in [-0.05, 0) is 49.7 Å². The number of H-pyrrole nitrogens is 2. The van der Waals surface area contributed by atoms with Gasteiger partial charge in [-0.15, -0.1) is 0 Å². The van der Waals surface area contributed by atoms with Crippen LogP contribution in [0.2, 0.25) is 0 Å². The first kappa shape index (κ1) is 34.3. The molecule has 2 aliphatic carbocycles. The summed E-state index contributed by atoms with van der Waals surface area (Å²) in [7, 11) is 0. The van der Waals surface area contributed by atoms with E-state index in [2.05, 4.69) is 69.4 Å². The molecule has 0 unspecified atom stereocenters. The van der Waals surface area contributed by atoms with Crippen molar-refractivity contribution in [3.8, 4) is 0 Å². The molecule has 10 rings (SSSR count). The second-order valence-electron chi connectivity index (χ2n) is 16.5. The molecule has 2 aromatic heterocycles. The monoisotopic (exact) mass is 714 g/mol. The number of carbonyl (C=O) groups is 4. The Morgan fingerprint density at radius 3 is 1.32 bits per heavy atom. The molecule has 0 saturated heterocycles. The van der Waals surface area contributed by atoms with E-state index in [1.54, 1.807) is 0 Å². The Morgan fingerprint density at radius 1 is 0.547 bits per heavy atom. The molecule has 4 aromatic rings. The third-order valence-corrected chi connectivity index (χ3v) is 11.5. The summed E-state index contributed by atoms with van der Waals surface area (Å²) in [4.78, 5) is 53.4. The number of nitrogens with one attached hydrogen (secondary N) is 6. The third kappa shape index (κ3) is 4.46. The summed E-state index contributed by atoms with van der Waals surface area (Å²) < 4.78 is 0. The average Bonchev–Trinajstić information content (AvgIpc) is 3.78. The van der Waals surface area contributed by atoms with Crippen molar-refractivity contribution in [2.24, 2.45) is 10.8 Å². The van der Waals surface area contributed by atoms with Crippen LogP contribution in [0.5, 0.6) is 0 Å². The van der Waals surface area contributed by atoms with Gasteiger partial charge in [-0.3, -0.25) is 29.4 Å². The molecular formula is C40H42N8O5. The molecular weight excluding hydrogens is 672 g/mol. The minimum atomic E-state index is -1.13. The van der Waals surface area contributed by atoms with E-state index in [4.69, 9.17) is 0 Å². The van der Waals surface area contributed by atoms with E-state index in [-0.39, 0.29) is 39.7 Å². The maximum Gasteiger partial charge on any atom is 0.244 e. The molecule has 272 valence electrons. The highest BCUT2D eigenvalue weighted by molar-refractivity contribution is 6.21. The average molecular weight is 715 g/mol. The molecule has 6 aliphatic rings. The quantitative estimate of drug-likeness (QED) is 0.142. The summed E-state index contributed by atoms with van der Waals surface area (Å²) in [5.41, 5.74) is 6.52. The summed E-state index contributed by atoms with van der Waals surface area (Å²) in [5, 5.41) is 27.4. The Hall–Kier alpha value is -5.82. The van der Waals surface area contributed by atoms with Gasteiger partial charge in [-0.1, -0.05) is 64.1 Å². The topological polar surface area (TPSA) is 205 Å². The van der Waals surface area contributed by atoms with E-state index >= 15 is 0 Å². The van der Waals surface area contributed by atoms with Crippen LogP contribution in [0, 0.1) is 24.7 Å². The van der Waals surface area contributed by atoms with E-state index in [9.17, 15) is 19.2 Å². The first-order valence-electron chi connectivity index (χ1n) is 17.7. The number of rotatable bonds is 0. The molecule has 53 heavy (non-hydrogen) atoms. The fraction of sp³-hybridized carbons (Fsp3) is 0.350. The predicted octanol–water partition coefficient (Wildman–Crippen LogP) is 5.23. The summed E-state index contributed by atoms with van der Waals surface area (Å²) in [6.07, 6.45) is 2.27. The number of ketones is 2. The third-order valence-electron chi connectivity index (χ3n) is 11.5. The van der Waals surface area contributed by atoms with Gasteiger partial charge in [0.2, 0.25) is 11.8 Å². The fourth-order valence-electron chi connectivity index (χ4n) is 9.73. The van der Waals surface area contributed by atoms with Gasteiger partial charge >= 0.3 is 0 Å². The van der Waals surface area contributed by atoms with Gasteiger partial charge in [0.1, 0.15) is 10.8 Å². The fourth-order valence-corrected chi connectivity index (χ4v) is 9.73. The molecule has 0 bridgehead atoms. The van der Waals surface area contributed by atoms with Crippen molar-refractivity contribution in [1.29, 1.82) is 0 Å². The second-order valence-corrected chi connectivity index (χ2v) is 16.5. The van der Waals surface area contributed by atoms with E-state index in [1.165, 1.54) is 0 Å². The van der Waals surface area contributed by atoms with Crippen LogP contribution in [0.4, 0.5) is 23.0 Å². The molecule has 0 saturated carbocycles. The lowest BCUT2D eigenvalue weighted by Crippen LogP contribution is -2.47. The van der Waals surface area contributed by atoms with Crippen molar-refractivity contribution < 1.29 is 24.7 Å². The number of hydrogen-bond donors (Lipinski definition) is 6. The highest BCUT2D eigenvalue weighted by atomic mass is 16.2. The molecule has 6 heterocycles. The number of allylic oxidation sites excluding steroid dienone is 2.